The number of aromatic amines is 1. The Bertz CT molecular complexity index is 1290. The number of hydrogen-bond acceptors (Lipinski definition) is 6. The van der Waals surface area contributed by atoms with Gasteiger partial charge in [0.15, 0.2) is 5.82 Å². The van der Waals surface area contributed by atoms with Crippen molar-refractivity contribution in [2.45, 2.75) is 4.90 Å². The summed E-state index contributed by atoms with van der Waals surface area (Å²) in [5.41, 5.74) is 2.06. The highest BCUT2D eigenvalue weighted by Gasteiger charge is 2.16. The second-order valence-electron chi connectivity index (χ2n) is 6.29. The van der Waals surface area contributed by atoms with Crippen LogP contribution in [0.2, 0.25) is 5.02 Å². The van der Waals surface area contributed by atoms with Crippen LogP contribution in [0.4, 0.5) is 11.5 Å². The van der Waals surface area contributed by atoms with Gasteiger partial charge in [-0.2, -0.15) is 5.10 Å². The normalized spacial score (nSPS) is 11.9. The number of fused-ring (bicyclic) bond motifs is 2. The summed E-state index contributed by atoms with van der Waals surface area (Å²) in [4.78, 5) is 4.47. The van der Waals surface area contributed by atoms with E-state index in [0.29, 0.717) is 27.4 Å². The van der Waals surface area contributed by atoms with Crippen LogP contribution < -0.4 is 10.0 Å². The highest BCUT2D eigenvalue weighted by atomic mass is 35.5. The number of pyridine rings is 1. The van der Waals surface area contributed by atoms with E-state index in [2.05, 4.69) is 25.2 Å². The van der Waals surface area contributed by atoms with Crippen LogP contribution in [0, 0.1) is 0 Å². The second-order valence-corrected chi connectivity index (χ2v) is 8.46. The molecule has 0 spiro atoms. The van der Waals surface area contributed by atoms with Gasteiger partial charge in [-0.15, -0.1) is 0 Å². The molecule has 2 aromatic carbocycles. The zero-order valence-corrected chi connectivity index (χ0v) is 17.0. The van der Waals surface area contributed by atoms with Gasteiger partial charge in [-0.1, -0.05) is 17.7 Å². The second kappa shape index (κ2) is 7.96. The zero-order valence-electron chi connectivity index (χ0n) is 15.4. The third kappa shape index (κ3) is 3.90. The maximum atomic E-state index is 12.6. The molecule has 8 nitrogen and oxygen atoms in total. The van der Waals surface area contributed by atoms with Crippen molar-refractivity contribution in [2.75, 3.05) is 25.6 Å². The van der Waals surface area contributed by atoms with E-state index in [1.165, 1.54) is 13.2 Å². The number of para-hydroxylation sites is 1. The third-order valence-electron chi connectivity index (χ3n) is 4.42. The molecule has 2 heterocycles. The van der Waals surface area contributed by atoms with Crippen LogP contribution in [0.1, 0.15) is 0 Å². The summed E-state index contributed by atoms with van der Waals surface area (Å²) >= 11 is 6.20. The topological polar surface area (TPSA) is 109 Å². The number of ether oxygens (including phenoxy) is 1. The van der Waals surface area contributed by atoms with Crippen LogP contribution in [0.15, 0.2) is 53.6 Å². The summed E-state index contributed by atoms with van der Waals surface area (Å²) in [6, 6.07) is 12.1. The van der Waals surface area contributed by atoms with E-state index in [-0.39, 0.29) is 18.0 Å². The van der Waals surface area contributed by atoms with Crippen LogP contribution in [-0.2, 0) is 14.8 Å². The van der Waals surface area contributed by atoms with E-state index < -0.39 is 10.0 Å². The number of methoxy groups -OCH3 is 1. The molecule has 0 fully saturated rings. The van der Waals surface area contributed by atoms with Crippen LogP contribution in [0.25, 0.3) is 21.8 Å². The first-order valence-electron chi connectivity index (χ1n) is 8.76. The summed E-state index contributed by atoms with van der Waals surface area (Å²) < 4.78 is 32.5. The molecule has 0 aliphatic carbocycles. The Morgan fingerprint density at radius 1 is 1.17 bits per heavy atom. The van der Waals surface area contributed by atoms with Gasteiger partial charge in [0, 0.05) is 30.6 Å². The fourth-order valence-electron chi connectivity index (χ4n) is 2.99. The molecular weight excluding hydrogens is 414 g/mol. The summed E-state index contributed by atoms with van der Waals surface area (Å²) in [7, 11) is -2.15. The predicted octanol–water partition coefficient (Wildman–Crippen LogP) is 3.43. The SMILES string of the molecule is COCCNS(=O)(=O)c1ccc2nccc(Nc3n[nH]c4c(Cl)cccc34)c2c1. The molecule has 0 unspecified atom stereocenters. The van der Waals surface area contributed by atoms with Crippen molar-refractivity contribution in [3.05, 3.63) is 53.7 Å². The third-order valence-corrected chi connectivity index (χ3v) is 6.20. The van der Waals surface area contributed by atoms with Crippen molar-refractivity contribution in [2.24, 2.45) is 0 Å². The lowest BCUT2D eigenvalue weighted by Gasteiger charge is -2.10. The molecule has 150 valence electrons. The Balaban J connectivity index is 1.74. The molecule has 0 amide bonds. The van der Waals surface area contributed by atoms with Gasteiger partial charge in [0.25, 0.3) is 0 Å². The number of anilines is 2. The number of benzene rings is 2. The molecule has 0 aliphatic heterocycles. The van der Waals surface area contributed by atoms with Crippen molar-refractivity contribution in [1.29, 1.82) is 0 Å². The number of sulfonamides is 1. The molecule has 3 N–H and O–H groups in total. The predicted molar refractivity (Wildman–Crippen MR) is 113 cm³/mol. The van der Waals surface area contributed by atoms with Crippen molar-refractivity contribution in [1.82, 2.24) is 19.9 Å². The summed E-state index contributed by atoms with van der Waals surface area (Å²) in [6.07, 6.45) is 1.65. The molecule has 0 atom stereocenters. The lowest BCUT2D eigenvalue weighted by Crippen LogP contribution is -2.27. The molecule has 0 aliphatic rings. The van der Waals surface area contributed by atoms with E-state index in [1.54, 1.807) is 30.5 Å². The molecule has 2 aromatic heterocycles. The van der Waals surface area contributed by atoms with E-state index >= 15 is 0 Å². The minimum atomic E-state index is -3.67. The number of aromatic nitrogens is 3. The van der Waals surface area contributed by atoms with Gasteiger partial charge in [-0.3, -0.25) is 10.1 Å². The van der Waals surface area contributed by atoms with Gasteiger partial charge in [-0.05, 0) is 36.4 Å². The van der Waals surface area contributed by atoms with Gasteiger partial charge < -0.3 is 10.1 Å². The van der Waals surface area contributed by atoms with Gasteiger partial charge >= 0.3 is 0 Å². The zero-order chi connectivity index (χ0) is 20.4. The summed E-state index contributed by atoms with van der Waals surface area (Å²) in [5.74, 6) is 0.585. The monoisotopic (exact) mass is 431 g/mol. The van der Waals surface area contributed by atoms with Crippen LogP contribution in [0.5, 0.6) is 0 Å². The first kappa shape index (κ1) is 19.6. The van der Waals surface area contributed by atoms with Gasteiger partial charge in [0.2, 0.25) is 10.0 Å². The lowest BCUT2D eigenvalue weighted by atomic mass is 10.2. The minimum absolute atomic E-state index is 0.145. The van der Waals surface area contributed by atoms with Gasteiger partial charge in [0.05, 0.1) is 33.2 Å². The maximum absolute atomic E-state index is 12.6. The Hall–Kier alpha value is -2.72. The first-order chi connectivity index (χ1) is 14.0. The Kier molecular flexibility index (Phi) is 5.37. The lowest BCUT2D eigenvalue weighted by molar-refractivity contribution is 0.204. The number of halogens is 1. The van der Waals surface area contributed by atoms with Crippen LogP contribution >= 0.6 is 11.6 Å². The molecule has 0 saturated carbocycles. The minimum Gasteiger partial charge on any atom is -0.383 e. The molecule has 4 aromatic rings. The quantitative estimate of drug-likeness (QED) is 0.387. The largest absolute Gasteiger partial charge is 0.383 e. The molecule has 4 rings (SSSR count). The molecule has 0 saturated heterocycles. The molecule has 0 radical (unpaired) electrons. The summed E-state index contributed by atoms with van der Waals surface area (Å²) in [5, 5.41) is 12.5. The van der Waals surface area contributed by atoms with Crippen LogP contribution in [0.3, 0.4) is 0 Å². The smallest absolute Gasteiger partial charge is 0.240 e. The highest BCUT2D eigenvalue weighted by molar-refractivity contribution is 7.89. The van der Waals surface area contributed by atoms with Gasteiger partial charge in [0.1, 0.15) is 0 Å². The van der Waals surface area contributed by atoms with Crippen molar-refractivity contribution in [3.8, 4) is 0 Å². The Morgan fingerprint density at radius 3 is 2.86 bits per heavy atom. The average molecular weight is 432 g/mol. The van der Waals surface area contributed by atoms with Crippen LogP contribution in [-0.4, -0.2) is 43.9 Å². The van der Waals surface area contributed by atoms with Crippen molar-refractivity contribution < 1.29 is 13.2 Å². The number of hydrogen-bond donors (Lipinski definition) is 3. The van der Waals surface area contributed by atoms with E-state index in [4.69, 9.17) is 16.3 Å². The maximum Gasteiger partial charge on any atom is 0.240 e. The fraction of sp³-hybridized carbons (Fsp3) is 0.158. The number of nitrogens with one attached hydrogen (secondary N) is 3. The Labute approximate surface area is 172 Å². The van der Waals surface area contributed by atoms with E-state index in [9.17, 15) is 8.42 Å². The molecule has 29 heavy (non-hydrogen) atoms. The fourth-order valence-corrected chi connectivity index (χ4v) is 4.25. The van der Waals surface area contributed by atoms with Crippen molar-refractivity contribution in [3.63, 3.8) is 0 Å². The van der Waals surface area contributed by atoms with E-state index in [0.717, 1.165) is 10.9 Å². The molecule has 0 bridgehead atoms. The summed E-state index contributed by atoms with van der Waals surface area (Å²) in [6.45, 7) is 0.477. The van der Waals surface area contributed by atoms with Gasteiger partial charge in [-0.25, -0.2) is 13.1 Å². The molecular formula is C19H18ClN5O3S. The number of H-pyrrole nitrogens is 1. The highest BCUT2D eigenvalue weighted by Crippen LogP contribution is 2.31. The first-order valence-corrected chi connectivity index (χ1v) is 10.6. The molecule has 10 heteroatoms. The average Bonchev–Trinajstić information content (AvgIpc) is 3.12. The number of rotatable bonds is 7. The Morgan fingerprint density at radius 2 is 2.03 bits per heavy atom. The van der Waals surface area contributed by atoms with Crippen molar-refractivity contribution >= 4 is 54.9 Å². The van der Waals surface area contributed by atoms with E-state index in [1.807, 2.05) is 12.1 Å². The standard InChI is InChI=1S/C19H18ClN5O3S/c1-28-10-9-22-29(26,27)12-5-6-16-14(11-12)17(7-8-21-16)23-19-13-3-2-4-15(20)18(13)24-25-19/h2-8,11,22H,9-10H2,1H3,(H2,21,23,24,25). The number of nitrogens with zero attached hydrogens (tertiary/aromatic N) is 2.